The zero-order chi connectivity index (χ0) is 20.4. The Bertz CT molecular complexity index is 545. The Kier molecular flexibility index (Phi) is 10.6. The van der Waals surface area contributed by atoms with Gasteiger partial charge in [0.1, 0.15) is 0 Å². The number of carbonyl (C=O) groups is 5. The molecule has 0 bridgehead atoms. The van der Waals surface area contributed by atoms with E-state index in [1.807, 2.05) is 0 Å². The van der Waals surface area contributed by atoms with E-state index in [0.29, 0.717) is 0 Å². The molecule has 0 heterocycles. The summed E-state index contributed by atoms with van der Waals surface area (Å²) in [4.78, 5) is 52.1. The summed E-state index contributed by atoms with van der Waals surface area (Å²) in [6.45, 7) is 4.09. The van der Waals surface area contributed by atoms with Gasteiger partial charge >= 0.3 is 39.5 Å². The Hall–Kier alpha value is -2.23. The van der Waals surface area contributed by atoms with Crippen LogP contribution in [0.15, 0.2) is 0 Å². The summed E-state index contributed by atoms with van der Waals surface area (Å²) in [5.41, 5.74) is 0. The highest BCUT2D eigenvalue weighted by Crippen LogP contribution is 2.66. The van der Waals surface area contributed by atoms with E-state index >= 15 is 0 Å². The van der Waals surface area contributed by atoms with Crippen molar-refractivity contribution < 1.29 is 60.6 Å². The minimum atomic E-state index is -5.08. The molecule has 0 atom stereocenters. The number of hydrogen-bond donors (Lipinski definition) is 0. The zero-order valence-corrected chi connectivity index (χ0v) is 15.5. The van der Waals surface area contributed by atoms with E-state index in [9.17, 15) is 28.3 Å². The second-order valence-corrected chi connectivity index (χ2v) is 6.97. The lowest BCUT2D eigenvalue weighted by Gasteiger charge is -2.19. The van der Waals surface area contributed by atoms with Crippen LogP contribution in [-0.2, 0) is 55.5 Å². The molecule has 0 spiro atoms. The molecule has 0 rings (SSSR count). The van der Waals surface area contributed by atoms with Crippen molar-refractivity contribution in [2.24, 2.45) is 0 Å². The molecule has 144 valence electrons. The van der Waals surface area contributed by atoms with Crippen molar-refractivity contribution in [2.75, 3.05) is 0 Å². The molecular weight excluding hydrogens is 390 g/mol. The number of phosphoric acid groups is 2. The van der Waals surface area contributed by atoms with E-state index in [-0.39, 0.29) is 0 Å². The maximum Gasteiger partial charge on any atom is 0.602 e. The Morgan fingerprint density at radius 1 is 0.600 bits per heavy atom. The van der Waals surface area contributed by atoms with E-state index in [1.54, 1.807) is 0 Å². The van der Waals surface area contributed by atoms with Crippen molar-refractivity contribution >= 4 is 45.5 Å². The topological polar surface area (TPSA) is 189 Å². The fourth-order valence-corrected chi connectivity index (χ4v) is 3.70. The van der Waals surface area contributed by atoms with Gasteiger partial charge in [-0.25, -0.2) is 9.13 Å². The van der Waals surface area contributed by atoms with Gasteiger partial charge in [-0.2, -0.15) is 0 Å². The molecule has 13 nitrogen and oxygen atoms in total. The molecule has 0 aliphatic rings. The lowest BCUT2D eigenvalue weighted by molar-refractivity contribution is -0.302. The molecule has 15 heteroatoms. The highest BCUT2D eigenvalue weighted by molar-refractivity contribution is 7.63. The van der Waals surface area contributed by atoms with Crippen LogP contribution in [0.4, 0.5) is 0 Å². The predicted molar refractivity (Wildman–Crippen MR) is 74.0 cm³/mol. The molecule has 0 aromatic rings. The summed E-state index contributed by atoms with van der Waals surface area (Å²) in [5, 5.41) is 8.89. The van der Waals surface area contributed by atoms with Crippen LogP contribution in [0.3, 0.4) is 0 Å². The standard InChI is InChI=1S/C8H12O11P2.C2H4O2/c1-5(9)15-20(13,16-6(2)10)19-21(14,17-7(3)11)18-8(4)12;1-2(3)4/h1-4H3;1H3,(H,3,4)/p-1. The molecule has 0 unspecified atom stereocenters. The van der Waals surface area contributed by atoms with Crippen molar-refractivity contribution in [1.82, 2.24) is 0 Å². The van der Waals surface area contributed by atoms with Crippen LogP contribution in [0.2, 0.25) is 0 Å². The maximum absolute atomic E-state index is 11.9. The first kappa shape index (κ1) is 25.0. The number of rotatable bonds is 6. The third-order valence-electron chi connectivity index (χ3n) is 1.16. The van der Waals surface area contributed by atoms with Crippen molar-refractivity contribution in [3.8, 4) is 0 Å². The van der Waals surface area contributed by atoms with E-state index in [1.165, 1.54) is 0 Å². The number of aliphatic carboxylic acids is 1. The third kappa shape index (κ3) is 15.1. The summed E-state index contributed by atoms with van der Waals surface area (Å²) in [5.74, 6) is -5.98. The van der Waals surface area contributed by atoms with Crippen LogP contribution in [0.25, 0.3) is 0 Å². The van der Waals surface area contributed by atoms with E-state index < -0.39 is 45.5 Å². The second-order valence-electron chi connectivity index (χ2n) is 3.80. The van der Waals surface area contributed by atoms with Gasteiger partial charge in [-0.1, -0.05) is 0 Å². The molecule has 0 N–H and O–H groups in total. The number of phosphoric ester groups is 2. The van der Waals surface area contributed by atoms with Crippen LogP contribution in [0, 0.1) is 0 Å². The SMILES string of the molecule is CC(=O)OP(=O)(OC(C)=O)OP(=O)(OC(C)=O)OC(C)=O.CC(=O)[O-]. The molecule has 0 fully saturated rings. The Labute approximate surface area is 141 Å². The molecule has 0 aromatic heterocycles. The number of carboxylic acid groups (broad SMARTS) is 1. The summed E-state index contributed by atoms with van der Waals surface area (Å²) in [6, 6.07) is 0. The number of hydrogen-bond acceptors (Lipinski definition) is 13. The first-order valence-corrected chi connectivity index (χ1v) is 8.92. The van der Waals surface area contributed by atoms with Gasteiger partial charge in [-0.05, 0) is 6.92 Å². The van der Waals surface area contributed by atoms with Gasteiger partial charge in [0.05, 0.1) is 0 Å². The average Bonchev–Trinajstić information content (AvgIpc) is 2.19. The number of carbonyl (C=O) groups excluding carboxylic acids is 5. The Morgan fingerprint density at radius 3 is 0.880 bits per heavy atom. The molecule has 0 aliphatic carbocycles. The predicted octanol–water partition coefficient (Wildman–Crippen LogP) is 0.228. The monoisotopic (exact) mass is 405 g/mol. The van der Waals surface area contributed by atoms with E-state index in [0.717, 1.165) is 34.6 Å². The molecule has 0 aromatic carbocycles. The third-order valence-corrected chi connectivity index (χ3v) is 4.68. The van der Waals surface area contributed by atoms with Crippen molar-refractivity contribution in [3.63, 3.8) is 0 Å². The van der Waals surface area contributed by atoms with Crippen molar-refractivity contribution in [2.45, 2.75) is 34.6 Å². The van der Waals surface area contributed by atoms with Gasteiger partial charge in [-0.3, -0.25) is 19.2 Å². The van der Waals surface area contributed by atoms with Crippen molar-refractivity contribution in [1.29, 1.82) is 0 Å². The second kappa shape index (κ2) is 10.6. The maximum atomic E-state index is 11.9. The highest BCUT2D eigenvalue weighted by Gasteiger charge is 2.48. The van der Waals surface area contributed by atoms with Gasteiger partial charge in [0, 0.05) is 33.7 Å². The van der Waals surface area contributed by atoms with Crippen LogP contribution in [0.5, 0.6) is 0 Å². The largest absolute Gasteiger partial charge is 0.602 e. The summed E-state index contributed by atoms with van der Waals surface area (Å²) < 4.78 is 44.5. The Morgan fingerprint density at radius 2 is 0.760 bits per heavy atom. The average molecular weight is 405 g/mol. The van der Waals surface area contributed by atoms with Crippen LogP contribution < -0.4 is 5.11 Å². The number of carboxylic acids is 1. The zero-order valence-electron chi connectivity index (χ0n) is 13.7. The molecule has 0 radical (unpaired) electrons. The van der Waals surface area contributed by atoms with Crippen LogP contribution in [-0.4, -0.2) is 29.8 Å². The lowest BCUT2D eigenvalue weighted by atomic mass is 10.9. The van der Waals surface area contributed by atoms with Gasteiger partial charge in [0.15, 0.2) is 0 Å². The lowest BCUT2D eigenvalue weighted by Crippen LogP contribution is -2.16. The molecule has 0 aliphatic heterocycles. The molecule has 25 heavy (non-hydrogen) atoms. The van der Waals surface area contributed by atoms with Crippen LogP contribution >= 0.6 is 15.6 Å². The molecular formula is C10H15O13P2-. The van der Waals surface area contributed by atoms with Gasteiger partial charge in [-0.15, -0.1) is 4.31 Å². The molecule has 0 saturated carbocycles. The minimum Gasteiger partial charge on any atom is -0.550 e. The van der Waals surface area contributed by atoms with Crippen molar-refractivity contribution in [3.05, 3.63) is 0 Å². The molecule has 0 amide bonds. The summed E-state index contributed by atoms with van der Waals surface area (Å²) in [7, 11) is -10.2. The highest BCUT2D eigenvalue weighted by atomic mass is 31.3. The van der Waals surface area contributed by atoms with Crippen LogP contribution in [0.1, 0.15) is 34.6 Å². The first-order chi connectivity index (χ1) is 11.1. The molecule has 0 saturated heterocycles. The van der Waals surface area contributed by atoms with Gasteiger partial charge in [0.25, 0.3) is 0 Å². The quantitative estimate of drug-likeness (QED) is 0.546. The summed E-state index contributed by atoms with van der Waals surface area (Å²) >= 11 is 0. The fraction of sp³-hybridized carbons (Fsp3) is 0.500. The fourth-order valence-electron chi connectivity index (χ4n) is 0.856. The Balaban J connectivity index is 0. The van der Waals surface area contributed by atoms with E-state index in [4.69, 9.17) is 9.90 Å². The first-order valence-electron chi connectivity index (χ1n) is 6.00. The van der Waals surface area contributed by atoms with E-state index in [2.05, 4.69) is 22.4 Å². The summed E-state index contributed by atoms with van der Waals surface area (Å²) in [6.07, 6.45) is 0. The van der Waals surface area contributed by atoms with Gasteiger partial charge in [0.2, 0.25) is 0 Å². The normalized spacial score (nSPS) is 10.4. The smallest absolute Gasteiger partial charge is 0.550 e. The minimum absolute atomic E-state index is 0.780. The van der Waals surface area contributed by atoms with Gasteiger partial charge < -0.3 is 28.0 Å².